The molecule has 0 bridgehead atoms. The number of fused-ring (bicyclic) bond motifs is 9. The Morgan fingerprint density at radius 1 is 0.283 bits per heavy atom. The lowest BCUT2D eigenvalue weighted by molar-refractivity contribution is 0.634. The van der Waals surface area contributed by atoms with Crippen molar-refractivity contribution in [1.29, 1.82) is 0 Å². The standard InChI is InChI=1S/C50H31NO2/c1-3-9-32(10-4-1)34-15-20-40(21-16-34)51(41-22-17-35(18-23-41)33-11-5-2-6-12-33)42-24-19-38-29-46-44-26-25-43-45-28-36-13-7-8-14-37(36)30-47(45)52-49(43)50(44)53-48(46)31-39(38)27-42/h1-31H. The van der Waals surface area contributed by atoms with Crippen molar-refractivity contribution in [3.05, 3.63) is 188 Å². The van der Waals surface area contributed by atoms with Crippen molar-refractivity contribution in [1.82, 2.24) is 0 Å². The van der Waals surface area contributed by atoms with Crippen molar-refractivity contribution < 1.29 is 8.83 Å². The molecule has 0 fully saturated rings. The number of hydrogen-bond acceptors (Lipinski definition) is 3. The molecule has 11 rings (SSSR count). The Balaban J connectivity index is 1.04. The highest BCUT2D eigenvalue weighted by Gasteiger charge is 2.19. The summed E-state index contributed by atoms with van der Waals surface area (Å²) in [6.07, 6.45) is 0. The molecule has 53 heavy (non-hydrogen) atoms. The maximum atomic E-state index is 6.67. The number of hydrogen-bond donors (Lipinski definition) is 0. The third-order valence-electron chi connectivity index (χ3n) is 10.6. The van der Waals surface area contributed by atoms with Gasteiger partial charge in [0, 0.05) is 38.6 Å². The van der Waals surface area contributed by atoms with E-state index in [9.17, 15) is 0 Å². The lowest BCUT2D eigenvalue weighted by Gasteiger charge is -2.26. The second kappa shape index (κ2) is 11.7. The summed E-state index contributed by atoms with van der Waals surface area (Å²) < 4.78 is 13.2. The Hall–Kier alpha value is -7.10. The lowest BCUT2D eigenvalue weighted by Crippen LogP contribution is -2.09. The summed E-state index contributed by atoms with van der Waals surface area (Å²) in [5.74, 6) is 0. The Labute approximate surface area is 305 Å². The first kappa shape index (κ1) is 29.6. The molecule has 0 radical (unpaired) electrons. The Morgan fingerprint density at radius 2 is 0.698 bits per heavy atom. The highest BCUT2D eigenvalue weighted by molar-refractivity contribution is 6.21. The largest absolute Gasteiger partial charge is 0.452 e. The maximum Gasteiger partial charge on any atom is 0.178 e. The molecular formula is C50H31NO2. The summed E-state index contributed by atoms with van der Waals surface area (Å²) in [6, 6.07) is 66.9. The summed E-state index contributed by atoms with van der Waals surface area (Å²) >= 11 is 0. The molecule has 0 aliphatic heterocycles. The summed E-state index contributed by atoms with van der Waals surface area (Å²) in [6.45, 7) is 0. The molecule has 2 aromatic heterocycles. The van der Waals surface area contributed by atoms with Gasteiger partial charge < -0.3 is 13.7 Å². The van der Waals surface area contributed by atoms with E-state index in [0.717, 1.165) is 77.1 Å². The van der Waals surface area contributed by atoms with Crippen molar-refractivity contribution in [3.63, 3.8) is 0 Å². The van der Waals surface area contributed by atoms with Crippen LogP contribution >= 0.6 is 0 Å². The maximum absolute atomic E-state index is 6.67. The minimum atomic E-state index is 0.784. The third kappa shape index (κ3) is 4.90. The van der Waals surface area contributed by atoms with Gasteiger partial charge in [0.1, 0.15) is 11.2 Å². The Bertz CT molecular complexity index is 3060. The van der Waals surface area contributed by atoms with Gasteiger partial charge in [-0.25, -0.2) is 0 Å². The van der Waals surface area contributed by atoms with Crippen LogP contribution in [0.25, 0.3) is 87.7 Å². The fourth-order valence-corrected chi connectivity index (χ4v) is 7.94. The number of anilines is 3. The van der Waals surface area contributed by atoms with Gasteiger partial charge in [-0.3, -0.25) is 0 Å². The fourth-order valence-electron chi connectivity index (χ4n) is 7.94. The number of rotatable bonds is 5. The molecule has 0 aliphatic rings. The van der Waals surface area contributed by atoms with Gasteiger partial charge in [-0.1, -0.05) is 115 Å². The second-order valence-electron chi connectivity index (χ2n) is 13.8. The van der Waals surface area contributed by atoms with Crippen molar-refractivity contribution >= 4 is 82.5 Å². The number of furan rings is 2. The Morgan fingerprint density at radius 3 is 1.23 bits per heavy atom. The zero-order valence-electron chi connectivity index (χ0n) is 28.7. The van der Waals surface area contributed by atoms with Crippen LogP contribution in [0.15, 0.2) is 197 Å². The number of nitrogens with zero attached hydrogens (tertiary/aromatic N) is 1. The van der Waals surface area contributed by atoms with Gasteiger partial charge in [0.15, 0.2) is 11.2 Å². The first-order valence-corrected chi connectivity index (χ1v) is 18.0. The van der Waals surface area contributed by atoms with Crippen molar-refractivity contribution in [3.8, 4) is 22.3 Å². The summed E-state index contributed by atoms with van der Waals surface area (Å²) in [5.41, 5.74) is 11.3. The minimum absolute atomic E-state index is 0.784. The van der Waals surface area contributed by atoms with Gasteiger partial charge in [0.05, 0.1) is 0 Å². The van der Waals surface area contributed by atoms with Crippen LogP contribution in [0.4, 0.5) is 17.1 Å². The van der Waals surface area contributed by atoms with Crippen LogP contribution < -0.4 is 4.90 Å². The SMILES string of the molecule is c1ccc(-c2ccc(N(c3ccc(-c4ccccc4)cc3)c3ccc4cc5c(cc4c3)oc3c5ccc4c5cc6ccccc6cc5oc43)cc2)cc1. The van der Waals surface area contributed by atoms with E-state index < -0.39 is 0 Å². The molecular weight excluding hydrogens is 647 g/mol. The quantitative estimate of drug-likeness (QED) is 0.182. The van der Waals surface area contributed by atoms with Crippen molar-refractivity contribution in [2.24, 2.45) is 0 Å². The molecule has 9 aromatic carbocycles. The molecule has 0 spiro atoms. The topological polar surface area (TPSA) is 29.5 Å². The first-order chi connectivity index (χ1) is 26.2. The van der Waals surface area contributed by atoms with Gasteiger partial charge in [0.2, 0.25) is 0 Å². The van der Waals surface area contributed by atoms with E-state index in [0.29, 0.717) is 0 Å². The summed E-state index contributed by atoms with van der Waals surface area (Å²) in [5, 5.41) is 8.92. The average Bonchev–Trinajstić information content (AvgIpc) is 3.77. The highest BCUT2D eigenvalue weighted by Crippen LogP contribution is 2.42. The molecule has 248 valence electrons. The van der Waals surface area contributed by atoms with Crippen LogP contribution in [0.2, 0.25) is 0 Å². The van der Waals surface area contributed by atoms with Crippen LogP contribution in [0, 0.1) is 0 Å². The molecule has 0 amide bonds. The molecule has 3 heteroatoms. The van der Waals surface area contributed by atoms with E-state index in [1.165, 1.54) is 27.6 Å². The zero-order valence-corrected chi connectivity index (χ0v) is 28.7. The van der Waals surface area contributed by atoms with E-state index in [2.05, 4.69) is 193 Å². The second-order valence-corrected chi connectivity index (χ2v) is 13.8. The first-order valence-electron chi connectivity index (χ1n) is 18.0. The molecule has 3 nitrogen and oxygen atoms in total. The number of benzene rings is 9. The van der Waals surface area contributed by atoms with Gasteiger partial charge >= 0.3 is 0 Å². The predicted octanol–water partition coefficient (Wildman–Crippen LogP) is 14.6. The van der Waals surface area contributed by atoms with Crippen molar-refractivity contribution in [2.75, 3.05) is 4.90 Å². The van der Waals surface area contributed by atoms with E-state index in [-0.39, 0.29) is 0 Å². The fraction of sp³-hybridized carbons (Fsp3) is 0. The van der Waals surface area contributed by atoms with E-state index in [1.54, 1.807) is 0 Å². The van der Waals surface area contributed by atoms with Crippen molar-refractivity contribution in [2.45, 2.75) is 0 Å². The van der Waals surface area contributed by atoms with Gasteiger partial charge in [-0.15, -0.1) is 0 Å². The molecule has 2 heterocycles. The summed E-state index contributed by atoms with van der Waals surface area (Å²) in [4.78, 5) is 2.33. The van der Waals surface area contributed by atoms with E-state index in [1.807, 2.05) is 0 Å². The van der Waals surface area contributed by atoms with Crippen LogP contribution in [0.5, 0.6) is 0 Å². The molecule has 0 N–H and O–H groups in total. The molecule has 0 saturated heterocycles. The smallest absolute Gasteiger partial charge is 0.178 e. The predicted molar refractivity (Wildman–Crippen MR) is 222 cm³/mol. The van der Waals surface area contributed by atoms with Crippen LogP contribution in [-0.2, 0) is 0 Å². The van der Waals surface area contributed by atoms with E-state index >= 15 is 0 Å². The Kier molecular flexibility index (Phi) is 6.55. The van der Waals surface area contributed by atoms with Gasteiger partial charge in [-0.2, -0.15) is 0 Å². The van der Waals surface area contributed by atoms with Crippen LogP contribution in [0.3, 0.4) is 0 Å². The summed E-state index contributed by atoms with van der Waals surface area (Å²) in [7, 11) is 0. The highest BCUT2D eigenvalue weighted by atomic mass is 16.4. The molecule has 0 atom stereocenters. The molecule has 0 saturated carbocycles. The molecule has 0 unspecified atom stereocenters. The van der Waals surface area contributed by atoms with Crippen LogP contribution in [-0.4, -0.2) is 0 Å². The molecule has 0 aliphatic carbocycles. The normalized spacial score (nSPS) is 11.8. The third-order valence-corrected chi connectivity index (χ3v) is 10.6. The van der Waals surface area contributed by atoms with Gasteiger partial charge in [0.25, 0.3) is 0 Å². The van der Waals surface area contributed by atoms with Gasteiger partial charge in [-0.05, 0) is 117 Å². The lowest BCUT2D eigenvalue weighted by atomic mass is 10.0. The minimum Gasteiger partial charge on any atom is -0.452 e. The average molecular weight is 678 g/mol. The molecule has 11 aromatic rings. The zero-order chi connectivity index (χ0) is 34.9. The van der Waals surface area contributed by atoms with Crippen LogP contribution in [0.1, 0.15) is 0 Å². The monoisotopic (exact) mass is 677 g/mol. The van der Waals surface area contributed by atoms with E-state index in [4.69, 9.17) is 8.83 Å².